The number of amides is 1. The minimum Gasteiger partial charge on any atom is -0.272 e. The van der Waals surface area contributed by atoms with Gasteiger partial charge in [-0.1, -0.05) is 12.8 Å². The number of carbonyl (C=O) groups excluding carboxylic acids is 1. The van der Waals surface area contributed by atoms with E-state index < -0.39 is 4.92 Å². The number of hydrazone groups is 1. The first-order valence-electron chi connectivity index (χ1n) is 6.82. The summed E-state index contributed by atoms with van der Waals surface area (Å²) in [6, 6.07) is 5.95. The van der Waals surface area contributed by atoms with Crippen LogP contribution in [0.4, 0.5) is 11.4 Å². The highest BCUT2D eigenvalue weighted by atomic mass is 16.6. The maximum atomic E-state index is 12.4. The van der Waals surface area contributed by atoms with Crippen LogP contribution in [0.2, 0.25) is 0 Å². The summed E-state index contributed by atoms with van der Waals surface area (Å²) in [4.78, 5) is 22.6. The normalized spacial score (nSPS) is 22.2. The number of hydrogen-bond acceptors (Lipinski definition) is 4. The van der Waals surface area contributed by atoms with Gasteiger partial charge in [0, 0.05) is 12.1 Å². The quantitative estimate of drug-likeness (QED) is 0.614. The summed E-state index contributed by atoms with van der Waals surface area (Å²) in [6.07, 6.45) is 5.03. The van der Waals surface area contributed by atoms with Crippen LogP contribution in [-0.4, -0.2) is 16.5 Å². The molecule has 1 aromatic carbocycles. The van der Waals surface area contributed by atoms with E-state index in [0.29, 0.717) is 5.69 Å². The largest absolute Gasteiger partial charge is 0.272 e. The van der Waals surface area contributed by atoms with Gasteiger partial charge in [-0.25, -0.2) is 5.01 Å². The van der Waals surface area contributed by atoms with Crippen molar-refractivity contribution in [3.63, 3.8) is 0 Å². The van der Waals surface area contributed by atoms with Crippen LogP contribution in [0.25, 0.3) is 0 Å². The molecule has 0 radical (unpaired) electrons. The molecule has 1 aromatic rings. The van der Waals surface area contributed by atoms with Gasteiger partial charge in [-0.2, -0.15) is 5.10 Å². The van der Waals surface area contributed by atoms with Gasteiger partial charge in [-0.05, 0) is 31.4 Å². The summed E-state index contributed by atoms with van der Waals surface area (Å²) in [5.41, 5.74) is 1.58. The molecule has 1 atom stereocenters. The Morgan fingerprint density at radius 1 is 1.20 bits per heavy atom. The molecule has 1 fully saturated rings. The zero-order valence-corrected chi connectivity index (χ0v) is 11.0. The highest BCUT2D eigenvalue weighted by Crippen LogP contribution is 2.31. The van der Waals surface area contributed by atoms with Gasteiger partial charge >= 0.3 is 0 Å². The number of fused-ring (bicyclic) bond motifs is 1. The van der Waals surface area contributed by atoms with E-state index in [0.717, 1.165) is 37.8 Å². The molecule has 0 N–H and O–H groups in total. The number of anilines is 1. The molecule has 1 unspecified atom stereocenters. The predicted molar refractivity (Wildman–Crippen MR) is 74.6 cm³/mol. The molecule has 20 heavy (non-hydrogen) atoms. The highest BCUT2D eigenvalue weighted by molar-refractivity contribution is 6.15. The average Bonchev–Trinajstić information content (AvgIpc) is 2.64. The van der Waals surface area contributed by atoms with Gasteiger partial charge in [0.15, 0.2) is 0 Å². The third-order valence-corrected chi connectivity index (χ3v) is 3.87. The molecule has 6 nitrogen and oxygen atoms in total. The summed E-state index contributed by atoms with van der Waals surface area (Å²) in [7, 11) is 0. The number of hydrogen-bond donors (Lipinski definition) is 0. The van der Waals surface area contributed by atoms with Gasteiger partial charge in [0.2, 0.25) is 0 Å². The molecule has 0 spiro atoms. The van der Waals surface area contributed by atoms with Crippen LogP contribution >= 0.6 is 0 Å². The summed E-state index contributed by atoms with van der Waals surface area (Å²) in [5, 5.41) is 16.5. The molecule has 3 rings (SSSR count). The van der Waals surface area contributed by atoms with E-state index in [1.807, 2.05) is 0 Å². The van der Waals surface area contributed by atoms with Crippen molar-refractivity contribution < 1.29 is 9.72 Å². The van der Waals surface area contributed by atoms with Crippen LogP contribution < -0.4 is 5.01 Å². The van der Waals surface area contributed by atoms with Gasteiger partial charge < -0.3 is 0 Å². The minimum absolute atomic E-state index is 0.00393. The molecule has 2 aliphatic rings. The fourth-order valence-corrected chi connectivity index (χ4v) is 2.78. The van der Waals surface area contributed by atoms with E-state index in [1.165, 1.54) is 17.1 Å². The maximum absolute atomic E-state index is 12.4. The third kappa shape index (κ3) is 2.17. The van der Waals surface area contributed by atoms with Crippen molar-refractivity contribution in [1.29, 1.82) is 0 Å². The SMILES string of the molecule is O=C1C2CCCCCC2=NN1c1ccc([N+](=O)[O-])cc1. The van der Waals surface area contributed by atoms with Gasteiger partial charge in [0.05, 0.1) is 22.2 Å². The van der Waals surface area contributed by atoms with Crippen LogP contribution in [-0.2, 0) is 4.79 Å². The minimum atomic E-state index is -0.453. The van der Waals surface area contributed by atoms with Crippen molar-refractivity contribution in [2.24, 2.45) is 11.0 Å². The molecule has 1 amide bonds. The Bertz CT molecular complexity index is 580. The Morgan fingerprint density at radius 3 is 2.65 bits per heavy atom. The number of nitrogens with zero attached hydrogens (tertiary/aromatic N) is 3. The number of nitro groups is 1. The third-order valence-electron chi connectivity index (χ3n) is 3.87. The first-order chi connectivity index (χ1) is 9.66. The predicted octanol–water partition coefficient (Wildman–Crippen LogP) is 2.88. The Hall–Kier alpha value is -2.24. The Kier molecular flexibility index (Phi) is 3.22. The molecular formula is C14H15N3O3. The first kappa shape index (κ1) is 12.8. The Morgan fingerprint density at radius 2 is 1.95 bits per heavy atom. The summed E-state index contributed by atoms with van der Waals surface area (Å²) < 4.78 is 0. The second kappa shape index (κ2) is 5.03. The average molecular weight is 273 g/mol. The lowest BCUT2D eigenvalue weighted by molar-refractivity contribution is -0.384. The van der Waals surface area contributed by atoms with Crippen molar-refractivity contribution in [1.82, 2.24) is 0 Å². The van der Waals surface area contributed by atoms with E-state index in [4.69, 9.17) is 0 Å². The van der Waals surface area contributed by atoms with Crippen molar-refractivity contribution >= 4 is 23.0 Å². The van der Waals surface area contributed by atoms with Gasteiger partial charge in [-0.15, -0.1) is 0 Å². The lowest BCUT2D eigenvalue weighted by Crippen LogP contribution is -2.26. The lowest BCUT2D eigenvalue weighted by atomic mass is 9.98. The van der Waals surface area contributed by atoms with E-state index in [1.54, 1.807) is 12.1 Å². The molecule has 0 aromatic heterocycles. The zero-order valence-electron chi connectivity index (χ0n) is 11.0. The van der Waals surface area contributed by atoms with Crippen LogP contribution in [0.15, 0.2) is 29.4 Å². The second-order valence-electron chi connectivity index (χ2n) is 5.17. The summed E-state index contributed by atoms with van der Waals surface area (Å²) in [5.74, 6) is -0.0940. The second-order valence-corrected chi connectivity index (χ2v) is 5.17. The molecule has 0 saturated heterocycles. The van der Waals surface area contributed by atoms with Gasteiger partial charge in [-0.3, -0.25) is 14.9 Å². The van der Waals surface area contributed by atoms with Crippen molar-refractivity contribution in [3.05, 3.63) is 34.4 Å². The van der Waals surface area contributed by atoms with Gasteiger partial charge in [0.1, 0.15) is 0 Å². The monoisotopic (exact) mass is 273 g/mol. The fourth-order valence-electron chi connectivity index (χ4n) is 2.78. The number of non-ortho nitro benzene ring substituents is 1. The van der Waals surface area contributed by atoms with Crippen LogP contribution in [0.3, 0.4) is 0 Å². The first-order valence-corrected chi connectivity index (χ1v) is 6.82. The highest BCUT2D eigenvalue weighted by Gasteiger charge is 2.36. The van der Waals surface area contributed by atoms with Crippen molar-refractivity contribution in [2.75, 3.05) is 5.01 Å². The van der Waals surface area contributed by atoms with E-state index in [9.17, 15) is 14.9 Å². The molecule has 1 heterocycles. The van der Waals surface area contributed by atoms with Crippen LogP contribution in [0.5, 0.6) is 0 Å². The van der Waals surface area contributed by atoms with Crippen LogP contribution in [0.1, 0.15) is 32.1 Å². The van der Waals surface area contributed by atoms with E-state index in [2.05, 4.69) is 5.10 Å². The standard InChI is InChI=1S/C14H15N3O3/c18-14-12-4-2-1-3-5-13(12)15-16(14)10-6-8-11(9-7-10)17(19)20/h6-9,12H,1-5H2. The van der Waals surface area contributed by atoms with Gasteiger partial charge in [0.25, 0.3) is 11.6 Å². The number of rotatable bonds is 2. The summed E-state index contributed by atoms with van der Waals surface area (Å²) >= 11 is 0. The Balaban J connectivity index is 1.87. The number of nitro benzene ring substituents is 1. The molecule has 104 valence electrons. The smallest absolute Gasteiger partial charge is 0.269 e. The number of benzene rings is 1. The molecule has 1 saturated carbocycles. The van der Waals surface area contributed by atoms with Crippen LogP contribution in [0, 0.1) is 16.0 Å². The zero-order chi connectivity index (χ0) is 14.1. The van der Waals surface area contributed by atoms with Crippen molar-refractivity contribution in [2.45, 2.75) is 32.1 Å². The summed E-state index contributed by atoms with van der Waals surface area (Å²) in [6.45, 7) is 0. The molecule has 1 aliphatic heterocycles. The molecular weight excluding hydrogens is 258 g/mol. The maximum Gasteiger partial charge on any atom is 0.269 e. The fraction of sp³-hybridized carbons (Fsp3) is 0.429. The lowest BCUT2D eigenvalue weighted by Gasteiger charge is -2.13. The topological polar surface area (TPSA) is 75.8 Å². The molecule has 0 bridgehead atoms. The molecule has 1 aliphatic carbocycles. The Labute approximate surface area is 116 Å². The van der Waals surface area contributed by atoms with Crippen molar-refractivity contribution in [3.8, 4) is 0 Å². The molecule has 6 heteroatoms. The van der Waals surface area contributed by atoms with E-state index >= 15 is 0 Å². The number of carbonyl (C=O) groups is 1. The van der Waals surface area contributed by atoms with E-state index in [-0.39, 0.29) is 17.5 Å².